The number of aryl methyl sites for hydroxylation is 1. The first-order valence-corrected chi connectivity index (χ1v) is 7.30. The summed E-state index contributed by atoms with van der Waals surface area (Å²) in [5.74, 6) is 0.432. The molecule has 0 unspecified atom stereocenters. The van der Waals surface area contributed by atoms with Crippen molar-refractivity contribution in [1.82, 2.24) is 14.3 Å². The van der Waals surface area contributed by atoms with E-state index in [4.69, 9.17) is 0 Å². The van der Waals surface area contributed by atoms with Crippen molar-refractivity contribution < 1.29 is 21.6 Å². The first-order chi connectivity index (χ1) is 8.74. The van der Waals surface area contributed by atoms with Crippen molar-refractivity contribution in [1.29, 1.82) is 0 Å². The zero-order chi connectivity index (χ0) is 14.3. The lowest BCUT2D eigenvalue weighted by Gasteiger charge is -2.22. The number of aromatic amines is 1. The van der Waals surface area contributed by atoms with E-state index in [1.165, 1.54) is 0 Å². The van der Waals surface area contributed by atoms with E-state index in [0.29, 0.717) is 29.4 Å². The summed E-state index contributed by atoms with van der Waals surface area (Å²) in [4.78, 5) is 6.36. The van der Waals surface area contributed by atoms with Gasteiger partial charge in [0.1, 0.15) is 12.4 Å². The van der Waals surface area contributed by atoms with Crippen molar-refractivity contribution in [2.45, 2.75) is 43.4 Å². The van der Waals surface area contributed by atoms with E-state index in [2.05, 4.69) is 9.97 Å². The number of aromatic nitrogens is 2. The molecule has 2 rings (SSSR count). The van der Waals surface area contributed by atoms with Gasteiger partial charge in [-0.05, 0) is 12.8 Å². The average molecular weight is 297 g/mol. The lowest BCUT2D eigenvalue weighted by Crippen LogP contribution is -2.40. The molecule has 0 aliphatic heterocycles. The second-order valence-electron chi connectivity index (χ2n) is 4.44. The minimum atomic E-state index is -4.55. The first kappa shape index (κ1) is 14.3. The lowest BCUT2D eigenvalue weighted by atomic mass is 10.5. The number of imidazole rings is 1. The molecule has 1 aromatic rings. The van der Waals surface area contributed by atoms with Crippen molar-refractivity contribution in [3.63, 3.8) is 0 Å². The molecule has 0 aromatic carbocycles. The molecule has 0 amide bonds. The molecule has 0 bridgehead atoms. The van der Waals surface area contributed by atoms with Gasteiger partial charge >= 0.3 is 6.18 Å². The van der Waals surface area contributed by atoms with Crippen molar-refractivity contribution in [3.8, 4) is 0 Å². The largest absolute Gasteiger partial charge is 0.402 e. The number of H-pyrrole nitrogens is 1. The standard InChI is InChI=1S/C10H14F3N3O2S/c1-2-8-14-5-9(15-8)19(17,18)16(7-3-4-7)6-10(11,12)13/h5,7H,2-4,6H2,1H3,(H,14,15). The molecule has 1 aliphatic rings. The van der Waals surface area contributed by atoms with Gasteiger partial charge in [-0.3, -0.25) is 0 Å². The molecule has 1 N–H and O–H groups in total. The van der Waals surface area contributed by atoms with Crippen LogP contribution in [-0.4, -0.2) is 41.5 Å². The van der Waals surface area contributed by atoms with E-state index in [-0.39, 0.29) is 5.03 Å². The Morgan fingerprint density at radius 3 is 2.53 bits per heavy atom. The van der Waals surface area contributed by atoms with Gasteiger partial charge in [0.2, 0.25) is 0 Å². The topological polar surface area (TPSA) is 66.1 Å². The van der Waals surface area contributed by atoms with Crippen LogP contribution in [0.5, 0.6) is 0 Å². The van der Waals surface area contributed by atoms with Gasteiger partial charge < -0.3 is 4.98 Å². The molecular formula is C10H14F3N3O2S. The van der Waals surface area contributed by atoms with Gasteiger partial charge in [0.25, 0.3) is 10.0 Å². The van der Waals surface area contributed by atoms with E-state index in [0.717, 1.165) is 6.20 Å². The van der Waals surface area contributed by atoms with E-state index in [1.54, 1.807) is 6.92 Å². The zero-order valence-electron chi connectivity index (χ0n) is 10.2. The summed E-state index contributed by atoms with van der Waals surface area (Å²) >= 11 is 0. The molecule has 19 heavy (non-hydrogen) atoms. The fraction of sp³-hybridized carbons (Fsp3) is 0.700. The van der Waals surface area contributed by atoms with Crippen LogP contribution in [0.15, 0.2) is 11.2 Å². The van der Waals surface area contributed by atoms with Gasteiger partial charge in [-0.1, -0.05) is 6.92 Å². The maximum absolute atomic E-state index is 12.5. The lowest BCUT2D eigenvalue weighted by molar-refractivity contribution is -0.137. The summed E-state index contributed by atoms with van der Waals surface area (Å²) in [6.45, 7) is 0.310. The third-order valence-corrected chi connectivity index (χ3v) is 4.62. The second kappa shape index (κ2) is 4.78. The van der Waals surface area contributed by atoms with E-state index >= 15 is 0 Å². The molecule has 0 saturated heterocycles. The monoisotopic (exact) mass is 297 g/mol. The molecule has 0 radical (unpaired) electrons. The van der Waals surface area contributed by atoms with Gasteiger partial charge in [0.05, 0.1) is 6.20 Å². The Hall–Kier alpha value is -1.09. The predicted octanol–water partition coefficient (Wildman–Crippen LogP) is 1.69. The van der Waals surface area contributed by atoms with Crippen molar-refractivity contribution in [2.75, 3.05) is 6.54 Å². The Balaban J connectivity index is 2.29. The SMILES string of the molecule is CCc1ncc(S(=O)(=O)N(CC(F)(F)F)C2CC2)[nH]1. The summed E-state index contributed by atoms with van der Waals surface area (Å²) in [5, 5.41) is -0.277. The Morgan fingerprint density at radius 1 is 1.47 bits per heavy atom. The molecule has 1 fully saturated rings. The minimum Gasteiger partial charge on any atom is -0.332 e. The van der Waals surface area contributed by atoms with Gasteiger partial charge in [0.15, 0.2) is 5.03 Å². The number of alkyl halides is 3. The van der Waals surface area contributed by atoms with Crippen LogP contribution in [0.1, 0.15) is 25.6 Å². The number of nitrogens with zero attached hydrogens (tertiary/aromatic N) is 2. The van der Waals surface area contributed by atoms with Crippen LogP contribution >= 0.6 is 0 Å². The quantitative estimate of drug-likeness (QED) is 0.899. The number of nitrogens with one attached hydrogen (secondary N) is 1. The molecule has 0 atom stereocenters. The second-order valence-corrected chi connectivity index (χ2v) is 6.30. The molecule has 1 heterocycles. The molecule has 1 aromatic heterocycles. The molecular weight excluding hydrogens is 283 g/mol. The summed E-state index contributed by atoms with van der Waals surface area (Å²) < 4.78 is 62.3. The number of sulfonamides is 1. The predicted molar refractivity (Wildman–Crippen MR) is 60.9 cm³/mol. The molecule has 5 nitrogen and oxygen atoms in total. The Bertz CT molecular complexity index is 549. The van der Waals surface area contributed by atoms with Gasteiger partial charge in [0, 0.05) is 12.5 Å². The summed E-state index contributed by atoms with van der Waals surface area (Å²) in [7, 11) is -4.16. The number of hydrogen-bond donors (Lipinski definition) is 1. The highest BCUT2D eigenvalue weighted by Crippen LogP contribution is 2.34. The zero-order valence-corrected chi connectivity index (χ0v) is 11.1. The molecule has 0 spiro atoms. The van der Waals surface area contributed by atoms with E-state index < -0.39 is 28.8 Å². The Labute approximate surface area is 108 Å². The summed E-state index contributed by atoms with van der Waals surface area (Å²) in [6.07, 6.45) is -2.07. The van der Waals surface area contributed by atoms with Crippen LogP contribution in [0.2, 0.25) is 0 Å². The summed E-state index contributed by atoms with van der Waals surface area (Å²) in [6, 6.07) is -0.556. The van der Waals surface area contributed by atoms with Gasteiger partial charge in [-0.25, -0.2) is 13.4 Å². The van der Waals surface area contributed by atoms with Crippen LogP contribution in [0.4, 0.5) is 13.2 Å². The van der Waals surface area contributed by atoms with Crippen molar-refractivity contribution >= 4 is 10.0 Å². The number of halogens is 3. The number of hydrogen-bond acceptors (Lipinski definition) is 3. The minimum absolute atomic E-state index is 0.277. The van der Waals surface area contributed by atoms with Crippen LogP contribution in [0, 0.1) is 0 Å². The third kappa shape index (κ3) is 3.27. The first-order valence-electron chi connectivity index (χ1n) is 5.86. The molecule has 1 aliphatic carbocycles. The van der Waals surface area contributed by atoms with Gasteiger partial charge in [-0.2, -0.15) is 17.5 Å². The van der Waals surface area contributed by atoms with E-state index in [9.17, 15) is 21.6 Å². The Morgan fingerprint density at radius 2 is 2.11 bits per heavy atom. The van der Waals surface area contributed by atoms with Crippen molar-refractivity contribution in [3.05, 3.63) is 12.0 Å². The maximum Gasteiger partial charge on any atom is 0.402 e. The fourth-order valence-electron chi connectivity index (χ4n) is 1.73. The molecule has 9 heteroatoms. The van der Waals surface area contributed by atoms with Crippen LogP contribution in [0.25, 0.3) is 0 Å². The smallest absolute Gasteiger partial charge is 0.332 e. The average Bonchev–Trinajstić information content (AvgIpc) is 3.00. The normalized spacial score (nSPS) is 17.1. The molecule has 108 valence electrons. The van der Waals surface area contributed by atoms with E-state index in [1.807, 2.05) is 0 Å². The molecule has 1 saturated carbocycles. The fourth-order valence-corrected chi connectivity index (χ4v) is 3.33. The maximum atomic E-state index is 12.5. The van der Waals surface area contributed by atoms with Crippen molar-refractivity contribution in [2.24, 2.45) is 0 Å². The highest BCUT2D eigenvalue weighted by Gasteiger charge is 2.45. The van der Waals surface area contributed by atoms with Crippen LogP contribution in [-0.2, 0) is 16.4 Å². The van der Waals surface area contributed by atoms with Crippen LogP contribution < -0.4 is 0 Å². The highest BCUT2D eigenvalue weighted by molar-refractivity contribution is 7.89. The number of rotatable bonds is 5. The highest BCUT2D eigenvalue weighted by atomic mass is 32.2. The summed E-state index contributed by atoms with van der Waals surface area (Å²) in [5.41, 5.74) is 0. The Kier molecular flexibility index (Phi) is 3.61. The van der Waals surface area contributed by atoms with Gasteiger partial charge in [-0.15, -0.1) is 0 Å². The third-order valence-electron chi connectivity index (χ3n) is 2.82. The van der Waals surface area contributed by atoms with Crippen LogP contribution in [0.3, 0.4) is 0 Å².